The van der Waals surface area contributed by atoms with Gasteiger partial charge < -0.3 is 23.9 Å². The van der Waals surface area contributed by atoms with Crippen LogP contribution in [0.1, 0.15) is 61.9 Å². The number of methoxy groups -OCH3 is 1. The molecule has 1 saturated carbocycles. The topological polar surface area (TPSA) is 87.0 Å². The van der Waals surface area contributed by atoms with E-state index < -0.39 is 11.4 Å². The number of carboxylic acid groups (broad SMARTS) is 1. The van der Waals surface area contributed by atoms with Gasteiger partial charge in [-0.25, -0.2) is 4.79 Å². The van der Waals surface area contributed by atoms with Crippen LogP contribution in [0.25, 0.3) is 11.3 Å². The van der Waals surface area contributed by atoms with Crippen molar-refractivity contribution < 1.29 is 24.1 Å². The summed E-state index contributed by atoms with van der Waals surface area (Å²) in [6.45, 7) is 8.55. The number of pyridine rings is 1. The molecule has 2 heterocycles. The third-order valence-electron chi connectivity index (χ3n) is 5.10. The van der Waals surface area contributed by atoms with Gasteiger partial charge in [0, 0.05) is 44.0 Å². The molecule has 1 N–H and O–H groups in total. The summed E-state index contributed by atoms with van der Waals surface area (Å²) < 4.78 is 18.8. The van der Waals surface area contributed by atoms with Gasteiger partial charge in [-0.15, -0.1) is 0 Å². The Balaban J connectivity index is 0.000000668. The molecule has 32 heavy (non-hydrogen) atoms. The van der Waals surface area contributed by atoms with Crippen LogP contribution in [0.5, 0.6) is 11.5 Å². The molecule has 1 aromatic carbocycles. The molecule has 1 aliphatic carbocycles. The van der Waals surface area contributed by atoms with Crippen molar-refractivity contribution in [3.63, 3.8) is 0 Å². The smallest absolute Gasteiger partial charge is 0.341 e. The van der Waals surface area contributed by atoms with Gasteiger partial charge in [0.1, 0.15) is 23.7 Å². The van der Waals surface area contributed by atoms with E-state index >= 15 is 0 Å². The molecule has 0 bridgehead atoms. The monoisotopic (exact) mass is 443 g/mol. The fourth-order valence-electron chi connectivity index (χ4n) is 3.53. The molecule has 7 heteroatoms. The fourth-order valence-corrected chi connectivity index (χ4v) is 3.53. The maximum absolute atomic E-state index is 12.3. The van der Waals surface area contributed by atoms with Crippen LogP contribution in [0.3, 0.4) is 0 Å². The van der Waals surface area contributed by atoms with Crippen molar-refractivity contribution in [2.24, 2.45) is 5.92 Å². The number of nitrogens with zero attached hydrogens (tertiary/aromatic N) is 1. The summed E-state index contributed by atoms with van der Waals surface area (Å²) >= 11 is 0. The minimum atomic E-state index is -1.22. The first-order chi connectivity index (χ1) is 15.3. The van der Waals surface area contributed by atoms with E-state index in [1.807, 2.05) is 12.1 Å². The third kappa shape index (κ3) is 5.91. The Morgan fingerprint density at radius 1 is 1.22 bits per heavy atom. The van der Waals surface area contributed by atoms with Crippen molar-refractivity contribution in [2.45, 2.75) is 52.5 Å². The predicted molar refractivity (Wildman–Crippen MR) is 123 cm³/mol. The van der Waals surface area contributed by atoms with Gasteiger partial charge >= 0.3 is 5.97 Å². The quantitative estimate of drug-likeness (QED) is 0.631. The summed E-state index contributed by atoms with van der Waals surface area (Å²) in [5.41, 5.74) is 1.86. The summed E-state index contributed by atoms with van der Waals surface area (Å²) in [5.74, 6) is 1.53. The van der Waals surface area contributed by atoms with Gasteiger partial charge in [-0.05, 0) is 36.3 Å². The Labute approximate surface area is 188 Å². The van der Waals surface area contributed by atoms with Crippen molar-refractivity contribution in [2.75, 3.05) is 26.9 Å². The lowest BCUT2D eigenvalue weighted by Crippen LogP contribution is -2.19. The number of aromatic carboxylic acids is 1. The highest BCUT2D eigenvalue weighted by atomic mass is 16.5. The highest BCUT2D eigenvalue weighted by Gasteiger charge is 2.30. The van der Waals surface area contributed by atoms with Crippen LogP contribution in [0.15, 0.2) is 29.2 Å². The van der Waals surface area contributed by atoms with Crippen LogP contribution in [0.2, 0.25) is 0 Å². The van der Waals surface area contributed by atoms with Gasteiger partial charge in [0.15, 0.2) is 5.43 Å². The van der Waals surface area contributed by atoms with Crippen LogP contribution >= 0.6 is 0 Å². The lowest BCUT2D eigenvalue weighted by atomic mass is 10.0. The second-order valence-electron chi connectivity index (χ2n) is 8.87. The molecule has 4 rings (SSSR count). The Morgan fingerprint density at radius 2 is 1.94 bits per heavy atom. The Bertz CT molecular complexity index is 1000. The molecule has 0 saturated heterocycles. The molecule has 0 spiro atoms. The normalized spacial score (nSPS) is 14.4. The number of hydrogen-bond acceptors (Lipinski definition) is 5. The number of fused-ring (bicyclic) bond motifs is 3. The summed E-state index contributed by atoms with van der Waals surface area (Å²) in [4.78, 5) is 23.6. The minimum Gasteiger partial charge on any atom is -0.493 e. The molecule has 7 nitrogen and oxygen atoms in total. The molecule has 1 aliphatic heterocycles. The predicted octanol–water partition coefficient (Wildman–Crippen LogP) is 4.56. The van der Waals surface area contributed by atoms with Crippen molar-refractivity contribution in [1.82, 2.24) is 4.57 Å². The molecule has 0 atom stereocenters. The van der Waals surface area contributed by atoms with Crippen molar-refractivity contribution >= 4 is 5.97 Å². The van der Waals surface area contributed by atoms with Gasteiger partial charge in [0.25, 0.3) is 0 Å². The van der Waals surface area contributed by atoms with Crippen LogP contribution in [-0.2, 0) is 11.3 Å². The van der Waals surface area contributed by atoms with Gasteiger partial charge in [0.05, 0.1) is 18.8 Å². The second-order valence-corrected chi connectivity index (χ2v) is 8.87. The number of aromatic nitrogens is 1. The van der Waals surface area contributed by atoms with E-state index in [1.54, 1.807) is 11.7 Å². The SMILES string of the molecule is CC(C)C.COCCCOc1cc2c(cc1C1CC1)-c1cc(=O)c(C(=O)O)cn1CCO2. The lowest BCUT2D eigenvalue weighted by Gasteiger charge is -2.16. The number of hydrogen-bond donors (Lipinski definition) is 1. The van der Waals surface area contributed by atoms with Crippen LogP contribution in [0, 0.1) is 5.92 Å². The van der Waals surface area contributed by atoms with Crippen LogP contribution < -0.4 is 14.9 Å². The highest BCUT2D eigenvalue weighted by molar-refractivity contribution is 5.87. The maximum atomic E-state index is 12.3. The van der Waals surface area contributed by atoms with Gasteiger partial charge in [-0.1, -0.05) is 20.8 Å². The molecule has 0 radical (unpaired) electrons. The third-order valence-corrected chi connectivity index (χ3v) is 5.10. The molecular formula is C25H33NO6. The molecule has 174 valence electrons. The number of carboxylic acids is 1. The first-order valence-electron chi connectivity index (χ1n) is 11.2. The van der Waals surface area contributed by atoms with Gasteiger partial charge in [-0.3, -0.25) is 4.79 Å². The number of ether oxygens (including phenoxy) is 3. The highest BCUT2D eigenvalue weighted by Crippen LogP contribution is 2.48. The standard InChI is InChI=1S/C21H23NO6.C4H10/c1-26-6-2-7-27-19-11-20-15(9-14(19)13-3-4-13)17-10-18(23)16(21(24)25)12-22(17)5-8-28-20;1-4(2)3/h9-13H,2-8H2,1H3,(H,24,25);4H,1-3H3. The first-order valence-corrected chi connectivity index (χ1v) is 11.2. The average molecular weight is 444 g/mol. The molecule has 2 aromatic rings. The Hall–Kier alpha value is -2.80. The first kappa shape index (κ1) is 23.9. The van der Waals surface area contributed by atoms with E-state index in [9.17, 15) is 14.7 Å². The summed E-state index contributed by atoms with van der Waals surface area (Å²) in [6, 6.07) is 5.34. The summed E-state index contributed by atoms with van der Waals surface area (Å²) in [6.07, 6.45) is 4.43. The van der Waals surface area contributed by atoms with E-state index in [0.717, 1.165) is 42.1 Å². The minimum absolute atomic E-state index is 0.229. The van der Waals surface area contributed by atoms with Crippen molar-refractivity contribution in [3.8, 4) is 22.8 Å². The summed E-state index contributed by atoms with van der Waals surface area (Å²) in [5, 5.41) is 9.24. The zero-order valence-electron chi connectivity index (χ0n) is 19.3. The van der Waals surface area contributed by atoms with Crippen LogP contribution in [-0.4, -0.2) is 42.6 Å². The molecule has 2 aliphatic rings. The van der Waals surface area contributed by atoms with Crippen molar-refractivity contribution in [1.29, 1.82) is 0 Å². The largest absolute Gasteiger partial charge is 0.493 e. The second kappa shape index (κ2) is 10.7. The van der Waals surface area contributed by atoms with E-state index in [2.05, 4.69) is 20.8 Å². The molecule has 0 unspecified atom stereocenters. The molecule has 1 aromatic heterocycles. The average Bonchev–Trinajstić information content (AvgIpc) is 3.57. The lowest BCUT2D eigenvalue weighted by molar-refractivity contribution is 0.0694. The number of rotatable bonds is 7. The molecule has 0 amide bonds. The molecular weight excluding hydrogens is 410 g/mol. The van der Waals surface area contributed by atoms with Crippen LogP contribution in [0.4, 0.5) is 0 Å². The maximum Gasteiger partial charge on any atom is 0.341 e. The van der Waals surface area contributed by atoms with E-state index in [1.165, 1.54) is 12.3 Å². The molecule has 1 fully saturated rings. The number of carbonyl (C=O) groups is 1. The van der Waals surface area contributed by atoms with E-state index in [0.29, 0.717) is 43.7 Å². The fraction of sp³-hybridized carbons (Fsp3) is 0.520. The zero-order valence-corrected chi connectivity index (χ0v) is 19.3. The Morgan fingerprint density at radius 3 is 2.56 bits per heavy atom. The van der Waals surface area contributed by atoms with Gasteiger partial charge in [-0.2, -0.15) is 0 Å². The van der Waals surface area contributed by atoms with E-state index in [4.69, 9.17) is 14.2 Å². The van der Waals surface area contributed by atoms with E-state index in [-0.39, 0.29) is 5.56 Å². The Kier molecular flexibility index (Phi) is 7.96. The van der Waals surface area contributed by atoms with Gasteiger partial charge in [0.2, 0.25) is 0 Å². The number of benzene rings is 1. The zero-order chi connectivity index (χ0) is 23.3. The van der Waals surface area contributed by atoms with Crippen molar-refractivity contribution in [3.05, 3.63) is 45.7 Å². The summed E-state index contributed by atoms with van der Waals surface area (Å²) in [7, 11) is 1.67.